The Balaban J connectivity index is 1.89. The summed E-state index contributed by atoms with van der Waals surface area (Å²) in [7, 11) is 0. The van der Waals surface area contributed by atoms with Gasteiger partial charge < -0.3 is 5.73 Å². The summed E-state index contributed by atoms with van der Waals surface area (Å²) in [5, 5.41) is 0.239. The van der Waals surface area contributed by atoms with Gasteiger partial charge in [0.05, 0.1) is 5.02 Å². The van der Waals surface area contributed by atoms with Crippen LogP contribution in [-0.4, -0.2) is 6.04 Å². The molecule has 1 aromatic carbocycles. The monoisotopic (exact) mass is 297 g/mol. The lowest BCUT2D eigenvalue weighted by molar-refractivity contribution is 0.232. The van der Waals surface area contributed by atoms with Gasteiger partial charge in [-0.2, -0.15) is 0 Å². The summed E-state index contributed by atoms with van der Waals surface area (Å²) in [4.78, 5) is 0. The van der Waals surface area contributed by atoms with Crippen molar-refractivity contribution in [3.05, 3.63) is 34.6 Å². The largest absolute Gasteiger partial charge is 0.327 e. The molecule has 1 aliphatic carbocycles. The fourth-order valence-corrected chi connectivity index (χ4v) is 3.64. The van der Waals surface area contributed by atoms with E-state index < -0.39 is 0 Å². The van der Waals surface area contributed by atoms with Crippen LogP contribution in [0.4, 0.5) is 4.39 Å². The Morgan fingerprint density at radius 3 is 2.65 bits per heavy atom. The van der Waals surface area contributed by atoms with Crippen LogP contribution in [0.3, 0.4) is 0 Å². The van der Waals surface area contributed by atoms with Crippen LogP contribution in [0.1, 0.15) is 51.0 Å². The molecule has 0 amide bonds. The van der Waals surface area contributed by atoms with Gasteiger partial charge in [-0.05, 0) is 42.7 Å². The van der Waals surface area contributed by atoms with Crippen LogP contribution in [0.2, 0.25) is 5.02 Å². The summed E-state index contributed by atoms with van der Waals surface area (Å²) >= 11 is 6.01. The maximum atomic E-state index is 13.4. The molecule has 1 nitrogen and oxygen atoms in total. The smallest absolute Gasteiger partial charge is 0.142 e. The van der Waals surface area contributed by atoms with Crippen molar-refractivity contribution in [2.24, 2.45) is 17.6 Å². The fourth-order valence-electron chi connectivity index (χ4n) is 3.44. The van der Waals surface area contributed by atoms with E-state index in [4.69, 9.17) is 17.3 Å². The number of hydrogen-bond acceptors (Lipinski definition) is 1. The van der Waals surface area contributed by atoms with Crippen molar-refractivity contribution < 1.29 is 4.39 Å². The molecule has 0 radical (unpaired) electrons. The van der Waals surface area contributed by atoms with E-state index in [0.29, 0.717) is 12.3 Å². The molecular formula is C17H25ClFN. The Morgan fingerprint density at radius 1 is 1.30 bits per heavy atom. The van der Waals surface area contributed by atoms with Gasteiger partial charge in [-0.15, -0.1) is 0 Å². The lowest BCUT2D eigenvalue weighted by Gasteiger charge is -2.32. The van der Waals surface area contributed by atoms with Crippen molar-refractivity contribution in [2.75, 3.05) is 0 Å². The minimum absolute atomic E-state index is 0.0943. The third kappa shape index (κ3) is 3.95. The third-order valence-corrected chi connectivity index (χ3v) is 5.10. The Bertz CT molecular complexity index is 427. The highest BCUT2D eigenvalue weighted by Gasteiger charge is 2.25. The van der Waals surface area contributed by atoms with E-state index in [1.165, 1.54) is 44.6 Å². The minimum Gasteiger partial charge on any atom is -0.327 e. The Morgan fingerprint density at radius 2 is 2.00 bits per heavy atom. The van der Waals surface area contributed by atoms with E-state index >= 15 is 0 Å². The summed E-state index contributed by atoms with van der Waals surface area (Å²) in [6, 6.07) is 5.08. The van der Waals surface area contributed by atoms with Crippen molar-refractivity contribution in [3.63, 3.8) is 0 Å². The van der Waals surface area contributed by atoms with Crippen molar-refractivity contribution in [1.82, 2.24) is 0 Å². The van der Waals surface area contributed by atoms with Gasteiger partial charge in [0.15, 0.2) is 0 Å². The summed E-state index contributed by atoms with van der Waals surface area (Å²) in [6.07, 6.45) is 8.31. The van der Waals surface area contributed by atoms with Gasteiger partial charge in [0.25, 0.3) is 0 Å². The van der Waals surface area contributed by atoms with E-state index in [1.807, 2.05) is 6.07 Å². The molecule has 1 aromatic rings. The quantitative estimate of drug-likeness (QED) is 0.817. The van der Waals surface area contributed by atoms with Crippen LogP contribution in [-0.2, 0) is 6.42 Å². The first-order valence-electron chi connectivity index (χ1n) is 7.80. The van der Waals surface area contributed by atoms with Crippen molar-refractivity contribution in [2.45, 2.75) is 57.9 Å². The maximum Gasteiger partial charge on any atom is 0.142 e. The molecule has 0 saturated heterocycles. The average Bonchev–Trinajstić information content (AvgIpc) is 2.45. The van der Waals surface area contributed by atoms with E-state index in [2.05, 4.69) is 6.92 Å². The molecule has 112 valence electrons. The third-order valence-electron chi connectivity index (χ3n) is 4.68. The fraction of sp³-hybridized carbons (Fsp3) is 0.647. The number of benzene rings is 1. The van der Waals surface area contributed by atoms with Gasteiger partial charge in [0.2, 0.25) is 0 Å². The van der Waals surface area contributed by atoms with E-state index in [1.54, 1.807) is 6.07 Å². The Hall–Kier alpha value is -0.600. The van der Waals surface area contributed by atoms with Gasteiger partial charge in [-0.25, -0.2) is 4.39 Å². The molecule has 1 aliphatic rings. The van der Waals surface area contributed by atoms with E-state index in [9.17, 15) is 4.39 Å². The molecule has 0 bridgehead atoms. The van der Waals surface area contributed by atoms with Crippen LogP contribution in [0.15, 0.2) is 18.2 Å². The summed E-state index contributed by atoms with van der Waals surface area (Å²) in [5.41, 5.74) is 7.18. The zero-order valence-electron chi connectivity index (χ0n) is 12.2. The summed E-state index contributed by atoms with van der Waals surface area (Å²) in [5.74, 6) is 1.10. The molecule has 1 fully saturated rings. The summed E-state index contributed by atoms with van der Waals surface area (Å²) < 4.78 is 13.4. The highest BCUT2D eigenvalue weighted by molar-refractivity contribution is 6.31. The van der Waals surface area contributed by atoms with Crippen LogP contribution >= 0.6 is 11.6 Å². The van der Waals surface area contributed by atoms with Gasteiger partial charge in [0.1, 0.15) is 5.82 Å². The molecule has 1 saturated carbocycles. The van der Waals surface area contributed by atoms with Gasteiger partial charge in [-0.1, -0.05) is 56.3 Å². The first-order valence-corrected chi connectivity index (χ1v) is 8.18. The van der Waals surface area contributed by atoms with Crippen LogP contribution in [0.25, 0.3) is 0 Å². The Kier molecular flexibility index (Phi) is 5.86. The van der Waals surface area contributed by atoms with Crippen LogP contribution < -0.4 is 5.73 Å². The van der Waals surface area contributed by atoms with Crippen LogP contribution in [0.5, 0.6) is 0 Å². The normalized spacial score (nSPS) is 24.6. The summed E-state index contributed by atoms with van der Waals surface area (Å²) in [6.45, 7) is 2.25. The molecule has 0 spiro atoms. The molecule has 0 heterocycles. The van der Waals surface area contributed by atoms with Crippen molar-refractivity contribution in [3.8, 4) is 0 Å². The van der Waals surface area contributed by atoms with Gasteiger partial charge >= 0.3 is 0 Å². The van der Waals surface area contributed by atoms with Crippen molar-refractivity contribution >= 4 is 11.6 Å². The zero-order valence-corrected chi connectivity index (χ0v) is 13.0. The number of nitrogens with two attached hydrogens (primary N) is 1. The predicted molar refractivity (Wildman–Crippen MR) is 83.4 cm³/mol. The molecule has 3 heteroatoms. The molecule has 20 heavy (non-hydrogen) atoms. The molecular weight excluding hydrogens is 273 g/mol. The minimum atomic E-state index is -0.344. The topological polar surface area (TPSA) is 26.0 Å². The molecule has 1 unspecified atom stereocenters. The standard InChI is InChI=1S/C17H25ClFN/c1-2-4-12-7-9-13(10-8-12)16(20)11-14-5-3-6-15(19)17(14)18/h3,5-6,12-13,16H,2,4,7-11,20H2,1H3. The number of hydrogen-bond donors (Lipinski definition) is 1. The molecule has 1 atom stereocenters. The van der Waals surface area contributed by atoms with Crippen LogP contribution in [0, 0.1) is 17.7 Å². The van der Waals surface area contributed by atoms with E-state index in [-0.39, 0.29) is 16.9 Å². The highest BCUT2D eigenvalue weighted by atomic mass is 35.5. The van der Waals surface area contributed by atoms with Crippen molar-refractivity contribution in [1.29, 1.82) is 0 Å². The second-order valence-electron chi connectivity index (χ2n) is 6.15. The average molecular weight is 298 g/mol. The number of halogens is 2. The zero-order chi connectivity index (χ0) is 14.5. The highest BCUT2D eigenvalue weighted by Crippen LogP contribution is 2.34. The second kappa shape index (κ2) is 7.42. The van der Waals surface area contributed by atoms with Gasteiger partial charge in [0, 0.05) is 6.04 Å². The lowest BCUT2D eigenvalue weighted by atomic mass is 9.76. The molecule has 0 aliphatic heterocycles. The van der Waals surface area contributed by atoms with Gasteiger partial charge in [-0.3, -0.25) is 0 Å². The lowest BCUT2D eigenvalue weighted by Crippen LogP contribution is -2.35. The Labute approximate surface area is 126 Å². The first kappa shape index (κ1) is 15.8. The number of rotatable bonds is 5. The SMILES string of the molecule is CCCC1CCC(C(N)Cc2cccc(F)c2Cl)CC1. The van der Waals surface area contributed by atoms with E-state index in [0.717, 1.165) is 11.5 Å². The second-order valence-corrected chi connectivity index (χ2v) is 6.53. The first-order chi connectivity index (χ1) is 9.61. The maximum absolute atomic E-state index is 13.4. The predicted octanol–water partition coefficient (Wildman–Crippen LogP) is 4.96. The molecule has 2 N–H and O–H groups in total. The molecule has 0 aromatic heterocycles. The molecule has 2 rings (SSSR count).